The first kappa shape index (κ1) is 39.9. The molecular weight excluding hydrogens is 540 g/mol. The van der Waals surface area contributed by atoms with Crippen LogP contribution in [0.25, 0.3) is 0 Å². The van der Waals surface area contributed by atoms with Gasteiger partial charge in [0.25, 0.3) is 0 Å². The maximum absolute atomic E-state index is 4.07. The highest BCUT2D eigenvalue weighted by Crippen LogP contribution is 2.32. The summed E-state index contributed by atoms with van der Waals surface area (Å²) in [5.74, 6) is 1.92. The van der Waals surface area contributed by atoms with Crippen LogP contribution in [0.15, 0.2) is 91.1 Å². The van der Waals surface area contributed by atoms with Gasteiger partial charge in [0, 0.05) is 0 Å². The molecule has 0 heterocycles. The summed E-state index contributed by atoms with van der Waals surface area (Å²) >= 11 is 0. The number of hydrogen-bond acceptors (Lipinski definition) is 0. The van der Waals surface area contributed by atoms with Crippen LogP contribution < -0.4 is 0 Å². The zero-order valence-electron chi connectivity index (χ0n) is 31.3. The van der Waals surface area contributed by atoms with E-state index in [1.165, 1.54) is 61.2 Å². The number of benzene rings is 3. The van der Waals surface area contributed by atoms with Crippen molar-refractivity contribution >= 4 is 0 Å². The molecule has 0 aromatic heterocycles. The lowest BCUT2D eigenvalue weighted by atomic mass is 9.95. The topological polar surface area (TPSA) is 0 Å². The van der Waals surface area contributed by atoms with E-state index in [9.17, 15) is 0 Å². The molecule has 0 radical (unpaired) electrons. The number of allylic oxidation sites excluding steroid dienone is 3. The summed E-state index contributed by atoms with van der Waals surface area (Å²) in [5, 5.41) is 0. The predicted octanol–water partition coefficient (Wildman–Crippen LogP) is 13.5. The molecule has 3 aromatic carbocycles. The van der Waals surface area contributed by atoms with E-state index in [1.807, 2.05) is 41.5 Å². The summed E-state index contributed by atoms with van der Waals surface area (Å²) in [5.41, 5.74) is 17.5. The Bertz CT molecular complexity index is 1300. The molecule has 0 N–H and O–H groups in total. The molecule has 0 bridgehead atoms. The SMILES string of the molecule is C=C1Cc2ccc(C(C)C)cc2C1.C=C1Cc2ccc(C(C)C)cc2C1.C=C1Cc2cccc(C(C)C)c2C1.CC.CC.CC. The Balaban J connectivity index is 0.000000311. The molecule has 246 valence electrons. The van der Waals surface area contributed by atoms with Crippen LogP contribution in [0, 0.1) is 0 Å². The van der Waals surface area contributed by atoms with Crippen LogP contribution in [-0.2, 0) is 38.5 Å². The lowest BCUT2D eigenvalue weighted by Gasteiger charge is -2.10. The van der Waals surface area contributed by atoms with E-state index < -0.39 is 0 Å². The molecule has 0 unspecified atom stereocenters. The molecule has 3 aliphatic carbocycles. The van der Waals surface area contributed by atoms with Crippen LogP contribution in [-0.4, -0.2) is 0 Å². The fraction of sp³-hybridized carbons (Fsp3) is 0.467. The molecule has 0 fully saturated rings. The van der Waals surface area contributed by atoms with Gasteiger partial charge >= 0.3 is 0 Å². The molecule has 6 rings (SSSR count). The van der Waals surface area contributed by atoms with Gasteiger partial charge in [-0.25, -0.2) is 0 Å². The summed E-state index contributed by atoms with van der Waals surface area (Å²) in [4.78, 5) is 0. The van der Waals surface area contributed by atoms with Crippen LogP contribution in [0.5, 0.6) is 0 Å². The van der Waals surface area contributed by atoms with E-state index in [-0.39, 0.29) is 0 Å². The first-order valence-corrected chi connectivity index (χ1v) is 17.9. The molecule has 0 nitrogen and oxygen atoms in total. The van der Waals surface area contributed by atoms with Gasteiger partial charge in [-0.3, -0.25) is 0 Å². The lowest BCUT2D eigenvalue weighted by Crippen LogP contribution is -1.94. The third-order valence-corrected chi connectivity index (χ3v) is 8.35. The Labute approximate surface area is 279 Å². The zero-order chi connectivity index (χ0) is 34.3. The summed E-state index contributed by atoms with van der Waals surface area (Å²) in [6.45, 7) is 37.6. The number of fused-ring (bicyclic) bond motifs is 3. The Kier molecular flexibility index (Phi) is 17.8. The molecule has 45 heavy (non-hydrogen) atoms. The van der Waals surface area contributed by atoms with Crippen molar-refractivity contribution in [2.24, 2.45) is 0 Å². The van der Waals surface area contributed by atoms with E-state index in [4.69, 9.17) is 0 Å². The van der Waals surface area contributed by atoms with Crippen molar-refractivity contribution in [3.8, 4) is 0 Å². The summed E-state index contributed by atoms with van der Waals surface area (Å²) in [6, 6.07) is 20.4. The minimum Gasteiger partial charge on any atom is -0.0992 e. The smallest absolute Gasteiger partial charge is 0.00608 e. The van der Waals surface area contributed by atoms with Crippen molar-refractivity contribution in [1.29, 1.82) is 0 Å². The molecule has 0 heteroatoms. The minimum absolute atomic E-state index is 0.638. The van der Waals surface area contributed by atoms with Crippen molar-refractivity contribution in [2.75, 3.05) is 0 Å². The zero-order valence-corrected chi connectivity index (χ0v) is 31.3. The Morgan fingerprint density at radius 3 is 1.20 bits per heavy atom. The molecule has 0 saturated heterocycles. The van der Waals surface area contributed by atoms with Gasteiger partial charge in [-0.1, -0.05) is 174 Å². The Morgan fingerprint density at radius 2 is 0.800 bits per heavy atom. The Hall–Kier alpha value is -3.12. The molecule has 0 amide bonds. The fourth-order valence-electron chi connectivity index (χ4n) is 6.04. The molecule has 0 atom stereocenters. The molecule has 3 aromatic rings. The average Bonchev–Trinajstić information content (AvgIpc) is 3.73. The summed E-state index contributed by atoms with van der Waals surface area (Å²) < 4.78 is 0. The maximum atomic E-state index is 4.07. The third kappa shape index (κ3) is 11.6. The molecule has 0 spiro atoms. The van der Waals surface area contributed by atoms with Crippen molar-refractivity contribution in [3.05, 3.63) is 141 Å². The highest BCUT2D eigenvalue weighted by Gasteiger charge is 2.18. The van der Waals surface area contributed by atoms with Gasteiger partial charge in [0.2, 0.25) is 0 Å². The van der Waals surface area contributed by atoms with Gasteiger partial charge < -0.3 is 0 Å². The van der Waals surface area contributed by atoms with Gasteiger partial charge in [-0.15, -0.1) is 0 Å². The highest BCUT2D eigenvalue weighted by molar-refractivity contribution is 5.46. The van der Waals surface area contributed by atoms with Crippen LogP contribution in [0.2, 0.25) is 0 Å². The van der Waals surface area contributed by atoms with E-state index in [1.54, 1.807) is 5.56 Å². The van der Waals surface area contributed by atoms with Crippen LogP contribution in [0.1, 0.15) is 151 Å². The van der Waals surface area contributed by atoms with Crippen LogP contribution in [0.3, 0.4) is 0 Å². The number of hydrogen-bond donors (Lipinski definition) is 0. The second kappa shape index (κ2) is 20.1. The second-order valence-corrected chi connectivity index (χ2v) is 12.8. The molecular formula is C45H66. The van der Waals surface area contributed by atoms with E-state index in [2.05, 4.69) is 116 Å². The van der Waals surface area contributed by atoms with Crippen LogP contribution in [0.4, 0.5) is 0 Å². The van der Waals surface area contributed by atoms with E-state index >= 15 is 0 Å². The van der Waals surface area contributed by atoms with Crippen LogP contribution >= 0.6 is 0 Å². The molecule has 3 aliphatic rings. The second-order valence-electron chi connectivity index (χ2n) is 12.8. The highest BCUT2D eigenvalue weighted by atomic mass is 14.2. The third-order valence-electron chi connectivity index (χ3n) is 8.35. The van der Waals surface area contributed by atoms with Gasteiger partial charge in [0.15, 0.2) is 0 Å². The lowest BCUT2D eigenvalue weighted by molar-refractivity contribution is 0.851. The van der Waals surface area contributed by atoms with Crippen molar-refractivity contribution in [2.45, 2.75) is 139 Å². The first-order chi connectivity index (χ1) is 21.5. The summed E-state index contributed by atoms with van der Waals surface area (Å²) in [7, 11) is 0. The fourth-order valence-corrected chi connectivity index (χ4v) is 6.04. The van der Waals surface area contributed by atoms with E-state index in [0.29, 0.717) is 17.8 Å². The predicted molar refractivity (Wildman–Crippen MR) is 205 cm³/mol. The maximum Gasteiger partial charge on any atom is -0.00608 e. The average molecular weight is 607 g/mol. The normalized spacial score (nSPS) is 13.5. The quantitative estimate of drug-likeness (QED) is 0.260. The van der Waals surface area contributed by atoms with Gasteiger partial charge in [-0.2, -0.15) is 0 Å². The largest absolute Gasteiger partial charge is 0.0992 e. The number of rotatable bonds is 3. The summed E-state index contributed by atoms with van der Waals surface area (Å²) in [6.07, 6.45) is 6.56. The van der Waals surface area contributed by atoms with Gasteiger partial charge in [0.05, 0.1) is 0 Å². The minimum atomic E-state index is 0.638. The Morgan fingerprint density at radius 1 is 0.422 bits per heavy atom. The molecule has 0 aliphatic heterocycles. The van der Waals surface area contributed by atoms with E-state index in [0.717, 1.165) is 38.5 Å². The van der Waals surface area contributed by atoms with Crippen molar-refractivity contribution < 1.29 is 0 Å². The van der Waals surface area contributed by atoms with Crippen molar-refractivity contribution in [1.82, 2.24) is 0 Å². The van der Waals surface area contributed by atoms with Gasteiger partial charge in [-0.05, 0) is 106 Å². The molecule has 0 saturated carbocycles. The van der Waals surface area contributed by atoms with Gasteiger partial charge in [0.1, 0.15) is 0 Å². The standard InChI is InChI=1S/3C13H16.3C2H6/c2*1-9(2)11-4-5-12-6-10(3)7-13(12)8-11;1-9(2)12-6-4-5-11-7-10(3)8-13(11)12;3*1-2/h2*4-5,8-9H,3,6-7H2,1-2H3;4-6,9H,3,7-8H2,1-2H3;3*1-2H3. The monoisotopic (exact) mass is 607 g/mol. The first-order valence-electron chi connectivity index (χ1n) is 17.9. The van der Waals surface area contributed by atoms with Crippen molar-refractivity contribution in [3.63, 3.8) is 0 Å².